The van der Waals surface area contributed by atoms with Gasteiger partial charge in [0.2, 0.25) is 0 Å². The van der Waals surface area contributed by atoms with E-state index in [-0.39, 0.29) is 0 Å². The molecule has 0 aromatic heterocycles. The minimum absolute atomic E-state index is 0.699. The quantitative estimate of drug-likeness (QED) is 0.567. The third kappa shape index (κ3) is 5.95. The number of rotatable bonds is 8. The molecule has 1 aromatic carbocycles. The highest BCUT2D eigenvalue weighted by Gasteiger charge is 2.03. The van der Waals surface area contributed by atoms with Gasteiger partial charge in [-0.1, -0.05) is 25.1 Å². The van der Waals surface area contributed by atoms with Crippen molar-refractivity contribution >= 4 is 5.96 Å². The minimum Gasteiger partial charge on any atom is -0.494 e. The number of hydrogen-bond donors (Lipinski definition) is 2. The highest BCUT2D eigenvalue weighted by molar-refractivity contribution is 5.79. The Morgan fingerprint density at radius 2 is 1.95 bits per heavy atom. The molecule has 0 unspecified atom stereocenters. The second-order valence-electron chi connectivity index (χ2n) is 4.48. The smallest absolute Gasteiger partial charge is 0.191 e. The molecule has 1 aromatic rings. The molecule has 112 valence electrons. The summed E-state index contributed by atoms with van der Waals surface area (Å²) in [6.45, 7) is 9.50. The zero-order chi connectivity index (χ0) is 14.6. The van der Waals surface area contributed by atoms with E-state index in [1.165, 1.54) is 5.56 Å². The maximum absolute atomic E-state index is 5.63. The summed E-state index contributed by atoms with van der Waals surface area (Å²) in [6, 6.07) is 8.20. The van der Waals surface area contributed by atoms with Crippen molar-refractivity contribution in [3.63, 3.8) is 0 Å². The van der Waals surface area contributed by atoms with E-state index in [9.17, 15) is 0 Å². The summed E-state index contributed by atoms with van der Waals surface area (Å²) < 4.78 is 5.63. The normalized spacial score (nSPS) is 11.2. The fourth-order valence-corrected chi connectivity index (χ4v) is 1.89. The van der Waals surface area contributed by atoms with Gasteiger partial charge in [0.15, 0.2) is 5.96 Å². The first kappa shape index (κ1) is 16.3. The predicted molar refractivity (Wildman–Crippen MR) is 85.6 cm³/mol. The Bertz CT molecular complexity index is 404. The first-order valence-electron chi connectivity index (χ1n) is 7.54. The monoisotopic (exact) mass is 277 g/mol. The predicted octanol–water partition coefficient (Wildman–Crippen LogP) is 2.59. The van der Waals surface area contributed by atoms with Gasteiger partial charge in [-0.3, -0.25) is 4.99 Å². The van der Waals surface area contributed by atoms with Crippen LogP contribution in [0.2, 0.25) is 0 Å². The molecule has 0 saturated heterocycles. The molecule has 0 amide bonds. The van der Waals surface area contributed by atoms with Crippen molar-refractivity contribution in [2.75, 3.05) is 26.2 Å². The number of benzene rings is 1. The lowest BCUT2D eigenvalue weighted by Crippen LogP contribution is -2.38. The molecule has 0 aliphatic carbocycles. The average Bonchev–Trinajstić information content (AvgIpc) is 2.47. The molecule has 0 fully saturated rings. The van der Waals surface area contributed by atoms with E-state index in [1.54, 1.807) is 0 Å². The number of nitrogens with one attached hydrogen (secondary N) is 2. The van der Waals surface area contributed by atoms with E-state index in [1.807, 2.05) is 25.1 Å². The van der Waals surface area contributed by atoms with Gasteiger partial charge in [-0.05, 0) is 38.3 Å². The van der Waals surface area contributed by atoms with Crippen LogP contribution in [-0.4, -0.2) is 32.2 Å². The number of nitrogens with zero attached hydrogens (tertiary/aromatic N) is 1. The van der Waals surface area contributed by atoms with Crippen LogP contribution < -0.4 is 15.4 Å². The van der Waals surface area contributed by atoms with E-state index in [4.69, 9.17) is 4.74 Å². The van der Waals surface area contributed by atoms with E-state index < -0.39 is 0 Å². The first-order chi connectivity index (χ1) is 9.81. The number of aliphatic imine (C=N–C) groups is 1. The molecule has 0 bridgehead atoms. The van der Waals surface area contributed by atoms with Crippen molar-refractivity contribution in [2.24, 2.45) is 4.99 Å². The van der Waals surface area contributed by atoms with Crippen LogP contribution in [0.25, 0.3) is 0 Å². The SMILES string of the molecule is CCCN=C(NCC)NCCc1ccccc1OCC. The topological polar surface area (TPSA) is 45.7 Å². The van der Waals surface area contributed by atoms with E-state index >= 15 is 0 Å². The largest absolute Gasteiger partial charge is 0.494 e. The third-order valence-electron chi connectivity index (χ3n) is 2.80. The van der Waals surface area contributed by atoms with Crippen molar-refractivity contribution in [3.05, 3.63) is 29.8 Å². The Morgan fingerprint density at radius 1 is 1.15 bits per heavy atom. The lowest BCUT2D eigenvalue weighted by Gasteiger charge is -2.13. The van der Waals surface area contributed by atoms with Crippen molar-refractivity contribution < 1.29 is 4.74 Å². The summed E-state index contributed by atoms with van der Waals surface area (Å²) in [5, 5.41) is 6.61. The maximum atomic E-state index is 5.63. The van der Waals surface area contributed by atoms with Crippen molar-refractivity contribution in [2.45, 2.75) is 33.6 Å². The second kappa shape index (κ2) is 10.1. The summed E-state index contributed by atoms with van der Waals surface area (Å²) in [7, 11) is 0. The van der Waals surface area contributed by atoms with Gasteiger partial charge in [0, 0.05) is 19.6 Å². The first-order valence-corrected chi connectivity index (χ1v) is 7.54. The van der Waals surface area contributed by atoms with Crippen molar-refractivity contribution in [1.82, 2.24) is 10.6 Å². The van der Waals surface area contributed by atoms with Crippen molar-refractivity contribution in [1.29, 1.82) is 0 Å². The molecule has 0 heterocycles. The van der Waals surface area contributed by atoms with Gasteiger partial charge < -0.3 is 15.4 Å². The van der Waals surface area contributed by atoms with Gasteiger partial charge in [0.25, 0.3) is 0 Å². The van der Waals surface area contributed by atoms with Crippen LogP contribution in [0.1, 0.15) is 32.8 Å². The highest BCUT2D eigenvalue weighted by atomic mass is 16.5. The lowest BCUT2D eigenvalue weighted by molar-refractivity contribution is 0.336. The molecule has 0 saturated carbocycles. The van der Waals surface area contributed by atoms with Gasteiger partial charge in [0.05, 0.1) is 6.61 Å². The van der Waals surface area contributed by atoms with Crippen LogP contribution >= 0.6 is 0 Å². The van der Waals surface area contributed by atoms with E-state index in [0.717, 1.165) is 44.2 Å². The summed E-state index contributed by atoms with van der Waals surface area (Å²) in [4.78, 5) is 4.49. The molecule has 20 heavy (non-hydrogen) atoms. The van der Waals surface area contributed by atoms with Crippen LogP contribution in [0.5, 0.6) is 5.75 Å². The molecule has 4 heteroatoms. The van der Waals surface area contributed by atoms with Gasteiger partial charge in [-0.2, -0.15) is 0 Å². The van der Waals surface area contributed by atoms with Gasteiger partial charge in [-0.15, -0.1) is 0 Å². The Labute approximate surface area is 122 Å². The molecule has 0 atom stereocenters. The lowest BCUT2D eigenvalue weighted by atomic mass is 10.1. The van der Waals surface area contributed by atoms with Crippen LogP contribution in [0.3, 0.4) is 0 Å². The van der Waals surface area contributed by atoms with Gasteiger partial charge in [-0.25, -0.2) is 0 Å². The van der Waals surface area contributed by atoms with E-state index in [2.05, 4.69) is 35.5 Å². The summed E-state index contributed by atoms with van der Waals surface area (Å²) in [5.41, 5.74) is 1.23. The Morgan fingerprint density at radius 3 is 2.65 bits per heavy atom. The Balaban J connectivity index is 2.49. The fourth-order valence-electron chi connectivity index (χ4n) is 1.89. The van der Waals surface area contributed by atoms with E-state index in [0.29, 0.717) is 6.61 Å². The molecule has 0 radical (unpaired) electrons. The van der Waals surface area contributed by atoms with Crippen LogP contribution in [-0.2, 0) is 6.42 Å². The standard InChI is InChI=1S/C16H27N3O/c1-4-12-18-16(17-5-2)19-13-11-14-9-7-8-10-15(14)20-6-3/h7-10H,4-6,11-13H2,1-3H3,(H2,17,18,19). The van der Waals surface area contributed by atoms with Crippen LogP contribution in [0.4, 0.5) is 0 Å². The molecule has 0 spiro atoms. The molecule has 0 aliphatic rings. The number of ether oxygens (including phenoxy) is 1. The Hall–Kier alpha value is -1.71. The maximum Gasteiger partial charge on any atom is 0.191 e. The minimum atomic E-state index is 0.699. The Kier molecular flexibility index (Phi) is 8.27. The summed E-state index contributed by atoms with van der Waals surface area (Å²) in [5.74, 6) is 1.87. The zero-order valence-corrected chi connectivity index (χ0v) is 12.9. The fraction of sp³-hybridized carbons (Fsp3) is 0.562. The summed E-state index contributed by atoms with van der Waals surface area (Å²) >= 11 is 0. The zero-order valence-electron chi connectivity index (χ0n) is 12.9. The van der Waals surface area contributed by atoms with Gasteiger partial charge in [0.1, 0.15) is 5.75 Å². The van der Waals surface area contributed by atoms with Crippen LogP contribution in [0, 0.1) is 0 Å². The van der Waals surface area contributed by atoms with Gasteiger partial charge >= 0.3 is 0 Å². The molecular formula is C16H27N3O. The second-order valence-corrected chi connectivity index (χ2v) is 4.48. The molecule has 1 rings (SSSR count). The number of para-hydroxylation sites is 1. The van der Waals surface area contributed by atoms with Crippen LogP contribution in [0.15, 0.2) is 29.3 Å². The molecule has 4 nitrogen and oxygen atoms in total. The number of guanidine groups is 1. The number of hydrogen-bond acceptors (Lipinski definition) is 2. The third-order valence-corrected chi connectivity index (χ3v) is 2.80. The molecule has 0 aliphatic heterocycles. The van der Waals surface area contributed by atoms with Crippen molar-refractivity contribution in [3.8, 4) is 5.75 Å². The molecule has 2 N–H and O–H groups in total. The highest BCUT2D eigenvalue weighted by Crippen LogP contribution is 2.17. The average molecular weight is 277 g/mol. The molecular weight excluding hydrogens is 250 g/mol. The summed E-state index contributed by atoms with van der Waals surface area (Å²) in [6.07, 6.45) is 1.98.